The van der Waals surface area contributed by atoms with Crippen LogP contribution in [0.2, 0.25) is 0 Å². The van der Waals surface area contributed by atoms with Crippen LogP contribution in [0.4, 0.5) is 8.78 Å². The van der Waals surface area contributed by atoms with Crippen molar-refractivity contribution >= 4 is 15.9 Å². The lowest BCUT2D eigenvalue weighted by Crippen LogP contribution is -1.90. The van der Waals surface area contributed by atoms with Gasteiger partial charge < -0.3 is 0 Å². The van der Waals surface area contributed by atoms with Gasteiger partial charge in [0.05, 0.1) is 0 Å². The van der Waals surface area contributed by atoms with Gasteiger partial charge in [-0.05, 0) is 22.0 Å². The Kier molecular flexibility index (Phi) is 2.26. The van der Waals surface area contributed by atoms with Gasteiger partial charge in [-0.3, -0.25) is 0 Å². The molecule has 54 valence electrons. The summed E-state index contributed by atoms with van der Waals surface area (Å²) in [4.78, 5) is 7.02. The minimum Gasteiger partial charge on any atom is -0.231 e. The van der Waals surface area contributed by atoms with Gasteiger partial charge >= 0.3 is 0 Å². The molecule has 0 bridgehead atoms. The van der Waals surface area contributed by atoms with Gasteiger partial charge in [0.1, 0.15) is 5.69 Å². The van der Waals surface area contributed by atoms with Crippen LogP contribution in [-0.4, -0.2) is 9.97 Å². The monoisotopic (exact) mass is 208 g/mol. The third-order valence-corrected chi connectivity index (χ3v) is 1.25. The molecule has 2 nitrogen and oxygen atoms in total. The largest absolute Gasteiger partial charge is 0.280 e. The molecule has 0 saturated heterocycles. The first-order valence-corrected chi connectivity index (χ1v) is 3.26. The summed E-state index contributed by atoms with van der Waals surface area (Å²) in [6.07, 6.45) is -1.25. The zero-order chi connectivity index (χ0) is 7.56. The highest BCUT2D eigenvalue weighted by Gasteiger charge is 2.07. The average Bonchev–Trinajstić information content (AvgIpc) is 1.88. The van der Waals surface area contributed by atoms with E-state index < -0.39 is 6.43 Å². The molecule has 0 aliphatic rings. The minimum absolute atomic E-state index is 0.185. The molecule has 0 aromatic carbocycles. The number of nitrogens with zero attached hydrogens (tertiary/aromatic N) is 2. The smallest absolute Gasteiger partial charge is 0.231 e. The van der Waals surface area contributed by atoms with Crippen molar-refractivity contribution in [1.82, 2.24) is 9.97 Å². The molecular formula is C5H3BrF2N2. The minimum atomic E-state index is -2.53. The molecule has 0 N–H and O–H groups in total. The van der Waals surface area contributed by atoms with Crippen molar-refractivity contribution in [3.63, 3.8) is 0 Å². The molecule has 1 aromatic rings. The van der Waals surface area contributed by atoms with Crippen LogP contribution >= 0.6 is 15.9 Å². The highest BCUT2D eigenvalue weighted by atomic mass is 79.9. The van der Waals surface area contributed by atoms with Gasteiger partial charge in [0, 0.05) is 6.20 Å². The summed E-state index contributed by atoms with van der Waals surface area (Å²) < 4.78 is 23.9. The topological polar surface area (TPSA) is 25.8 Å². The summed E-state index contributed by atoms with van der Waals surface area (Å²) >= 11 is 2.87. The van der Waals surface area contributed by atoms with Crippen molar-refractivity contribution in [3.05, 3.63) is 22.7 Å². The molecule has 0 aliphatic heterocycles. The van der Waals surface area contributed by atoms with Crippen LogP contribution in [0.15, 0.2) is 17.0 Å². The fourth-order valence-electron chi connectivity index (χ4n) is 0.469. The molecule has 1 rings (SSSR count). The van der Waals surface area contributed by atoms with E-state index in [-0.39, 0.29) is 10.4 Å². The number of hydrogen-bond donors (Lipinski definition) is 0. The highest BCUT2D eigenvalue weighted by molar-refractivity contribution is 9.10. The van der Waals surface area contributed by atoms with Crippen molar-refractivity contribution in [2.45, 2.75) is 6.43 Å². The quantitative estimate of drug-likeness (QED) is 0.662. The summed E-state index contributed by atoms with van der Waals surface area (Å²) in [6.45, 7) is 0. The van der Waals surface area contributed by atoms with Gasteiger partial charge in [0.15, 0.2) is 4.73 Å². The number of alkyl halides is 2. The predicted octanol–water partition coefficient (Wildman–Crippen LogP) is 2.18. The SMILES string of the molecule is FC(F)c1ccnc(Br)n1. The molecule has 10 heavy (non-hydrogen) atoms. The summed E-state index contributed by atoms with van der Waals surface area (Å²) in [5.41, 5.74) is -0.262. The first-order chi connectivity index (χ1) is 4.70. The van der Waals surface area contributed by atoms with E-state index in [2.05, 4.69) is 25.9 Å². The highest BCUT2D eigenvalue weighted by Crippen LogP contribution is 2.16. The summed E-state index contributed by atoms with van der Waals surface area (Å²) in [7, 11) is 0. The molecule has 0 fully saturated rings. The fourth-order valence-corrected chi connectivity index (χ4v) is 0.792. The van der Waals surface area contributed by atoms with E-state index in [1.165, 1.54) is 12.3 Å². The molecule has 0 saturated carbocycles. The van der Waals surface area contributed by atoms with E-state index in [9.17, 15) is 8.78 Å². The Balaban J connectivity index is 2.96. The summed E-state index contributed by atoms with van der Waals surface area (Å²) in [6, 6.07) is 1.18. The van der Waals surface area contributed by atoms with Gasteiger partial charge in [-0.2, -0.15) is 0 Å². The molecule has 1 heterocycles. The Morgan fingerprint density at radius 3 is 2.60 bits per heavy atom. The molecular weight excluding hydrogens is 206 g/mol. The van der Waals surface area contributed by atoms with Crippen molar-refractivity contribution < 1.29 is 8.78 Å². The molecule has 0 aliphatic carbocycles. The molecule has 0 spiro atoms. The number of halogens is 3. The van der Waals surface area contributed by atoms with Gasteiger partial charge in [0.2, 0.25) is 0 Å². The predicted molar refractivity (Wildman–Crippen MR) is 34.7 cm³/mol. The number of rotatable bonds is 1. The Bertz CT molecular complexity index is 229. The Hall–Kier alpha value is -0.580. The zero-order valence-electron chi connectivity index (χ0n) is 4.76. The van der Waals surface area contributed by atoms with E-state index >= 15 is 0 Å². The van der Waals surface area contributed by atoms with Crippen LogP contribution < -0.4 is 0 Å². The van der Waals surface area contributed by atoms with Gasteiger partial charge in [0.25, 0.3) is 6.43 Å². The normalized spacial score (nSPS) is 10.4. The molecule has 0 radical (unpaired) electrons. The van der Waals surface area contributed by atoms with Crippen LogP contribution in [0.3, 0.4) is 0 Å². The van der Waals surface area contributed by atoms with Crippen molar-refractivity contribution in [3.8, 4) is 0 Å². The second-order valence-electron chi connectivity index (χ2n) is 1.55. The van der Waals surface area contributed by atoms with Crippen LogP contribution in [0.5, 0.6) is 0 Å². The molecule has 5 heteroatoms. The first-order valence-electron chi connectivity index (χ1n) is 2.47. The van der Waals surface area contributed by atoms with Gasteiger partial charge in [-0.25, -0.2) is 18.7 Å². The number of aromatic nitrogens is 2. The van der Waals surface area contributed by atoms with E-state index in [1.54, 1.807) is 0 Å². The van der Waals surface area contributed by atoms with Crippen LogP contribution in [0.25, 0.3) is 0 Å². The van der Waals surface area contributed by atoms with Crippen molar-refractivity contribution in [1.29, 1.82) is 0 Å². The maximum atomic E-state index is 11.8. The lowest BCUT2D eigenvalue weighted by Gasteiger charge is -1.95. The molecule has 0 amide bonds. The lowest BCUT2D eigenvalue weighted by atomic mass is 10.4. The zero-order valence-corrected chi connectivity index (χ0v) is 6.35. The molecule has 0 unspecified atom stereocenters. The Morgan fingerprint density at radius 2 is 2.20 bits per heavy atom. The maximum Gasteiger partial charge on any atom is 0.280 e. The average molecular weight is 209 g/mol. The van der Waals surface area contributed by atoms with Crippen molar-refractivity contribution in [2.75, 3.05) is 0 Å². The summed E-state index contributed by atoms with van der Waals surface area (Å²) in [5.74, 6) is 0. The van der Waals surface area contributed by atoms with E-state index in [4.69, 9.17) is 0 Å². The maximum absolute atomic E-state index is 11.8. The van der Waals surface area contributed by atoms with E-state index in [0.717, 1.165) is 0 Å². The lowest BCUT2D eigenvalue weighted by molar-refractivity contribution is 0.145. The van der Waals surface area contributed by atoms with Crippen molar-refractivity contribution in [2.24, 2.45) is 0 Å². The number of hydrogen-bond acceptors (Lipinski definition) is 2. The second kappa shape index (κ2) is 3.01. The van der Waals surface area contributed by atoms with Gasteiger partial charge in [-0.1, -0.05) is 0 Å². The van der Waals surface area contributed by atoms with Gasteiger partial charge in [-0.15, -0.1) is 0 Å². The van der Waals surface area contributed by atoms with Crippen LogP contribution in [0.1, 0.15) is 12.1 Å². The standard InChI is InChI=1S/C5H3BrF2N2/c6-5-9-2-1-3(10-5)4(7)8/h1-2,4H. The van der Waals surface area contributed by atoms with E-state index in [1.807, 2.05) is 0 Å². The second-order valence-corrected chi connectivity index (χ2v) is 2.26. The molecule has 0 atom stereocenters. The fraction of sp³-hybridized carbons (Fsp3) is 0.200. The first kappa shape index (κ1) is 7.53. The third kappa shape index (κ3) is 1.70. The summed E-state index contributed by atoms with van der Waals surface area (Å²) in [5, 5.41) is 0. The van der Waals surface area contributed by atoms with Crippen LogP contribution in [-0.2, 0) is 0 Å². The molecule has 1 aromatic heterocycles. The Labute approximate surface area is 64.4 Å². The van der Waals surface area contributed by atoms with Crippen LogP contribution in [0, 0.1) is 0 Å². The van der Waals surface area contributed by atoms with E-state index in [0.29, 0.717) is 0 Å². The Morgan fingerprint density at radius 1 is 1.50 bits per heavy atom. The third-order valence-electron chi connectivity index (χ3n) is 0.871.